The molecule has 0 saturated carbocycles. The molecule has 0 unspecified atom stereocenters. The molecular weight excluding hydrogens is 490 g/mol. The minimum Gasteiger partial charge on any atom is -0.455 e. The van der Waals surface area contributed by atoms with Crippen LogP contribution in [0.15, 0.2) is 132 Å². The van der Waals surface area contributed by atoms with Gasteiger partial charge in [-0.3, -0.25) is 4.57 Å². The van der Waals surface area contributed by atoms with E-state index in [1.807, 2.05) is 30.3 Å². The van der Waals surface area contributed by atoms with Gasteiger partial charge < -0.3 is 4.42 Å². The Kier molecular flexibility index (Phi) is 4.30. The van der Waals surface area contributed by atoms with Gasteiger partial charge in [0.2, 0.25) is 5.95 Å². The fraction of sp³-hybridized carbons (Fsp3) is 0. The van der Waals surface area contributed by atoms with Crippen LogP contribution in [0.3, 0.4) is 0 Å². The van der Waals surface area contributed by atoms with Crippen molar-refractivity contribution in [3.63, 3.8) is 0 Å². The second kappa shape index (κ2) is 8.01. The summed E-state index contributed by atoms with van der Waals surface area (Å²) in [5.74, 6) is 0.643. The van der Waals surface area contributed by atoms with Gasteiger partial charge in [0.05, 0.1) is 22.2 Å². The van der Waals surface area contributed by atoms with Gasteiger partial charge >= 0.3 is 0 Å². The lowest BCUT2D eigenvalue weighted by Gasteiger charge is -2.11. The van der Waals surface area contributed by atoms with E-state index in [2.05, 4.69) is 102 Å². The van der Waals surface area contributed by atoms with Crippen molar-refractivity contribution in [2.24, 2.45) is 0 Å². The van der Waals surface area contributed by atoms with Gasteiger partial charge in [-0.1, -0.05) is 97.1 Å². The highest BCUT2D eigenvalue weighted by atomic mass is 16.3. The van der Waals surface area contributed by atoms with Gasteiger partial charge in [0.1, 0.15) is 11.2 Å². The molecule has 3 aromatic heterocycles. The van der Waals surface area contributed by atoms with Gasteiger partial charge in [-0.05, 0) is 29.7 Å². The zero-order valence-electron chi connectivity index (χ0n) is 21.4. The Morgan fingerprint density at radius 1 is 0.500 bits per heavy atom. The van der Waals surface area contributed by atoms with Gasteiger partial charge in [-0.25, -0.2) is 9.97 Å². The van der Waals surface area contributed by atoms with Crippen molar-refractivity contribution in [3.8, 4) is 17.2 Å². The van der Waals surface area contributed by atoms with Crippen LogP contribution in [-0.4, -0.2) is 14.5 Å². The van der Waals surface area contributed by atoms with Gasteiger partial charge in [-0.2, -0.15) is 0 Å². The number of nitrogens with zero attached hydrogens (tertiary/aromatic N) is 3. The molecule has 186 valence electrons. The first-order valence-electron chi connectivity index (χ1n) is 13.4. The first-order valence-corrected chi connectivity index (χ1v) is 13.4. The molecule has 0 aliphatic rings. The summed E-state index contributed by atoms with van der Waals surface area (Å²) in [7, 11) is 0. The van der Waals surface area contributed by atoms with Crippen LogP contribution >= 0.6 is 0 Å². The van der Waals surface area contributed by atoms with Crippen molar-refractivity contribution in [2.45, 2.75) is 0 Å². The Hall–Kier alpha value is -5.48. The fourth-order valence-corrected chi connectivity index (χ4v) is 6.16. The summed E-state index contributed by atoms with van der Waals surface area (Å²) in [5, 5.41) is 7.88. The van der Waals surface area contributed by atoms with E-state index in [-0.39, 0.29) is 0 Å². The maximum absolute atomic E-state index is 6.57. The number of furan rings is 1. The molecule has 3 heterocycles. The monoisotopic (exact) mass is 511 g/mol. The van der Waals surface area contributed by atoms with E-state index in [1.54, 1.807) is 0 Å². The number of aromatic nitrogens is 3. The summed E-state index contributed by atoms with van der Waals surface area (Å²) in [6.07, 6.45) is 0. The van der Waals surface area contributed by atoms with Crippen molar-refractivity contribution in [1.82, 2.24) is 14.5 Å². The van der Waals surface area contributed by atoms with Crippen molar-refractivity contribution in [3.05, 3.63) is 127 Å². The molecule has 6 aromatic carbocycles. The Morgan fingerprint density at radius 2 is 1.25 bits per heavy atom. The normalized spacial score (nSPS) is 12.0. The van der Waals surface area contributed by atoms with Crippen LogP contribution in [0.25, 0.3) is 82.6 Å². The molecule has 0 aliphatic carbocycles. The molecule has 0 N–H and O–H groups in total. The lowest BCUT2D eigenvalue weighted by atomic mass is 10.0. The van der Waals surface area contributed by atoms with Crippen molar-refractivity contribution >= 4 is 65.4 Å². The van der Waals surface area contributed by atoms with Crippen LogP contribution in [0.5, 0.6) is 0 Å². The second-order valence-electron chi connectivity index (χ2n) is 10.2. The number of benzene rings is 6. The lowest BCUT2D eigenvalue weighted by molar-refractivity contribution is 0.673. The van der Waals surface area contributed by atoms with Gasteiger partial charge in [0, 0.05) is 43.9 Å². The predicted octanol–water partition coefficient (Wildman–Crippen LogP) is 9.45. The van der Waals surface area contributed by atoms with E-state index in [9.17, 15) is 0 Å². The zero-order valence-corrected chi connectivity index (χ0v) is 21.4. The van der Waals surface area contributed by atoms with E-state index in [4.69, 9.17) is 14.4 Å². The lowest BCUT2D eigenvalue weighted by Crippen LogP contribution is -2.03. The average molecular weight is 512 g/mol. The third-order valence-electron chi connectivity index (χ3n) is 7.99. The highest BCUT2D eigenvalue weighted by Gasteiger charge is 2.19. The highest BCUT2D eigenvalue weighted by Crippen LogP contribution is 2.40. The summed E-state index contributed by atoms with van der Waals surface area (Å²) < 4.78 is 8.74. The molecule has 0 bridgehead atoms. The number of hydrogen-bond donors (Lipinski definition) is 0. The minimum absolute atomic E-state index is 0.643. The van der Waals surface area contributed by atoms with Crippen LogP contribution in [0.2, 0.25) is 0 Å². The van der Waals surface area contributed by atoms with Crippen molar-refractivity contribution < 1.29 is 4.42 Å². The number of rotatable bonds is 2. The number of fused-ring (bicyclic) bond motifs is 9. The minimum atomic E-state index is 0.643. The topological polar surface area (TPSA) is 43.9 Å². The van der Waals surface area contributed by atoms with Crippen LogP contribution in [0.1, 0.15) is 0 Å². The van der Waals surface area contributed by atoms with E-state index in [0.717, 1.165) is 71.3 Å². The van der Waals surface area contributed by atoms with E-state index in [1.165, 1.54) is 5.39 Å². The van der Waals surface area contributed by atoms with Crippen LogP contribution < -0.4 is 0 Å². The molecular formula is C36H21N3O. The molecule has 0 amide bonds. The van der Waals surface area contributed by atoms with Gasteiger partial charge in [-0.15, -0.1) is 0 Å². The maximum atomic E-state index is 6.57. The third-order valence-corrected chi connectivity index (χ3v) is 7.99. The molecule has 0 saturated heterocycles. The molecule has 9 rings (SSSR count). The van der Waals surface area contributed by atoms with E-state index in [0.29, 0.717) is 5.95 Å². The van der Waals surface area contributed by atoms with Crippen LogP contribution in [0.4, 0.5) is 0 Å². The molecule has 9 aromatic rings. The standard InChI is InChI=1S/C36H21N3O/c1-2-11-23(12-3-1)34-27-15-6-8-16-30(27)37-36(38-34)39-31-17-9-7-14-25(31)28-20-29-26-19-18-22-10-4-5-13-24(22)35(26)40-33(29)21-32(28)39/h1-21H. The SMILES string of the molecule is c1ccc(-c2nc(-n3c4ccccc4c4cc5c(cc43)oc3c4ccccc4ccc53)nc3ccccc23)cc1. The fourth-order valence-electron chi connectivity index (χ4n) is 6.16. The van der Waals surface area contributed by atoms with Crippen molar-refractivity contribution in [1.29, 1.82) is 0 Å². The summed E-state index contributed by atoms with van der Waals surface area (Å²) in [5.41, 5.74) is 6.75. The number of para-hydroxylation sites is 2. The number of hydrogen-bond acceptors (Lipinski definition) is 3. The third kappa shape index (κ3) is 2.96. The Balaban J connectivity index is 1.41. The molecule has 4 nitrogen and oxygen atoms in total. The summed E-state index contributed by atoms with van der Waals surface area (Å²) in [6.45, 7) is 0. The Labute approximate surface area is 228 Å². The summed E-state index contributed by atoms with van der Waals surface area (Å²) >= 11 is 0. The first-order chi connectivity index (χ1) is 19.8. The maximum Gasteiger partial charge on any atom is 0.235 e. The molecule has 0 spiro atoms. The summed E-state index contributed by atoms with van der Waals surface area (Å²) in [6, 6.07) is 44.2. The molecule has 0 radical (unpaired) electrons. The van der Waals surface area contributed by atoms with Gasteiger partial charge in [0.15, 0.2) is 0 Å². The molecule has 0 aliphatic heterocycles. The Morgan fingerprint density at radius 3 is 2.15 bits per heavy atom. The average Bonchev–Trinajstić information content (AvgIpc) is 3.55. The quantitative estimate of drug-likeness (QED) is 0.232. The molecule has 4 heteroatoms. The van der Waals surface area contributed by atoms with Crippen LogP contribution in [0, 0.1) is 0 Å². The smallest absolute Gasteiger partial charge is 0.235 e. The van der Waals surface area contributed by atoms with Gasteiger partial charge in [0.25, 0.3) is 0 Å². The molecule has 0 fully saturated rings. The van der Waals surface area contributed by atoms with E-state index >= 15 is 0 Å². The second-order valence-corrected chi connectivity index (χ2v) is 10.2. The predicted molar refractivity (Wildman–Crippen MR) is 164 cm³/mol. The summed E-state index contributed by atoms with van der Waals surface area (Å²) in [4.78, 5) is 10.3. The Bertz CT molecular complexity index is 2430. The van der Waals surface area contributed by atoms with Crippen LogP contribution in [-0.2, 0) is 0 Å². The molecule has 40 heavy (non-hydrogen) atoms. The molecule has 0 atom stereocenters. The largest absolute Gasteiger partial charge is 0.455 e. The van der Waals surface area contributed by atoms with E-state index < -0.39 is 0 Å². The highest BCUT2D eigenvalue weighted by molar-refractivity contribution is 6.20. The first kappa shape index (κ1) is 21.5. The van der Waals surface area contributed by atoms with Crippen molar-refractivity contribution in [2.75, 3.05) is 0 Å². The zero-order chi connectivity index (χ0) is 26.2.